The summed E-state index contributed by atoms with van der Waals surface area (Å²) in [5, 5.41) is 1.25. The Balaban J connectivity index is 1.68. The molecule has 1 saturated heterocycles. The number of halogens is 2. The van der Waals surface area contributed by atoms with Crippen LogP contribution >= 0.6 is 27.5 Å². The van der Waals surface area contributed by atoms with Crippen LogP contribution in [0.2, 0.25) is 5.02 Å². The van der Waals surface area contributed by atoms with Crippen LogP contribution < -0.4 is 15.3 Å². The second-order valence-electron chi connectivity index (χ2n) is 7.62. The summed E-state index contributed by atoms with van der Waals surface area (Å²) >= 11 is 10.2. The first-order valence-electron chi connectivity index (χ1n) is 10.1. The Bertz CT molecular complexity index is 1210. The van der Waals surface area contributed by atoms with Crippen molar-refractivity contribution in [3.8, 4) is 5.75 Å². The van der Waals surface area contributed by atoms with Gasteiger partial charge in [-0.2, -0.15) is 4.98 Å². The molecule has 0 amide bonds. The quantitative estimate of drug-likeness (QED) is 0.531. The molecule has 0 aliphatic carbocycles. The van der Waals surface area contributed by atoms with Gasteiger partial charge in [0.2, 0.25) is 0 Å². The number of rotatable bonds is 3. The Labute approximate surface area is 192 Å². The largest absolute Gasteiger partial charge is 0.486 e. The van der Waals surface area contributed by atoms with E-state index in [1.54, 1.807) is 7.05 Å². The van der Waals surface area contributed by atoms with E-state index in [2.05, 4.69) is 20.9 Å². The zero-order valence-corrected chi connectivity index (χ0v) is 19.3. The van der Waals surface area contributed by atoms with Gasteiger partial charge >= 0.3 is 5.69 Å². The van der Waals surface area contributed by atoms with Crippen LogP contribution in [0.5, 0.6) is 5.75 Å². The van der Waals surface area contributed by atoms with Gasteiger partial charge in [0.15, 0.2) is 0 Å². The van der Waals surface area contributed by atoms with Gasteiger partial charge in [0.1, 0.15) is 17.7 Å². The number of anilines is 2. The normalized spacial score (nSPS) is 18.8. The number of benzene rings is 2. The maximum absolute atomic E-state index is 12.8. The van der Waals surface area contributed by atoms with Crippen LogP contribution in [0.4, 0.5) is 11.5 Å². The number of aromatic nitrogens is 2. The number of hydrogen-bond donors (Lipinski definition) is 0. The van der Waals surface area contributed by atoms with Crippen molar-refractivity contribution >= 4 is 49.9 Å². The van der Waals surface area contributed by atoms with Gasteiger partial charge < -0.3 is 19.1 Å². The Hall–Kier alpha value is -2.13. The zero-order valence-electron chi connectivity index (χ0n) is 16.9. The molecule has 9 heteroatoms. The number of hydrogen-bond acceptors (Lipinski definition) is 6. The predicted octanol–water partition coefficient (Wildman–Crippen LogP) is 4.19. The van der Waals surface area contributed by atoms with E-state index in [0.29, 0.717) is 55.1 Å². The molecule has 1 fully saturated rings. The Morgan fingerprint density at radius 3 is 2.94 bits per heavy atom. The van der Waals surface area contributed by atoms with Gasteiger partial charge in [-0.15, -0.1) is 0 Å². The number of ether oxygens (including phenoxy) is 3. The molecule has 2 aliphatic rings. The van der Waals surface area contributed by atoms with Crippen LogP contribution in [0.15, 0.2) is 39.6 Å². The first-order chi connectivity index (χ1) is 15.0. The summed E-state index contributed by atoms with van der Waals surface area (Å²) < 4.78 is 19.7. The SMILES string of the molecule is Cn1c(=O)nc(N2CCOCc3c(Br)cccc32)c2cc(Cl)c(O[C@H]3CCOC3)cc21. The Kier molecular flexibility index (Phi) is 5.64. The summed E-state index contributed by atoms with van der Waals surface area (Å²) in [7, 11) is 1.70. The first kappa shape index (κ1) is 20.8. The highest BCUT2D eigenvalue weighted by Gasteiger charge is 2.25. The molecule has 0 saturated carbocycles. The van der Waals surface area contributed by atoms with Crippen LogP contribution in [0.25, 0.3) is 10.9 Å². The topological polar surface area (TPSA) is 65.8 Å². The highest BCUT2D eigenvalue weighted by atomic mass is 79.9. The lowest BCUT2D eigenvalue weighted by Crippen LogP contribution is -2.28. The smallest absolute Gasteiger partial charge is 0.349 e. The second kappa shape index (κ2) is 8.43. The highest BCUT2D eigenvalue weighted by Crippen LogP contribution is 2.39. The molecule has 0 radical (unpaired) electrons. The summed E-state index contributed by atoms with van der Waals surface area (Å²) in [6.45, 7) is 2.77. The fraction of sp³-hybridized carbons (Fsp3) is 0.364. The summed E-state index contributed by atoms with van der Waals surface area (Å²) in [5.74, 6) is 1.10. The molecule has 1 aromatic heterocycles. The minimum absolute atomic E-state index is 0.0414. The van der Waals surface area contributed by atoms with Gasteiger partial charge in [0.25, 0.3) is 0 Å². The van der Waals surface area contributed by atoms with Gasteiger partial charge in [-0.25, -0.2) is 4.79 Å². The van der Waals surface area contributed by atoms with Crippen LogP contribution in [-0.2, 0) is 23.1 Å². The van der Waals surface area contributed by atoms with Crippen molar-refractivity contribution in [1.82, 2.24) is 9.55 Å². The molecule has 7 nitrogen and oxygen atoms in total. The molecular formula is C22H21BrClN3O4. The first-order valence-corrected chi connectivity index (χ1v) is 11.3. The fourth-order valence-corrected chi connectivity index (χ4v) is 4.70. The van der Waals surface area contributed by atoms with E-state index in [9.17, 15) is 4.79 Å². The molecular weight excluding hydrogens is 486 g/mol. The molecule has 3 heterocycles. The minimum Gasteiger partial charge on any atom is -0.486 e. The van der Waals surface area contributed by atoms with E-state index in [1.807, 2.05) is 35.2 Å². The Morgan fingerprint density at radius 1 is 1.26 bits per heavy atom. The lowest BCUT2D eigenvalue weighted by molar-refractivity contribution is 0.133. The zero-order chi connectivity index (χ0) is 21.5. The van der Waals surface area contributed by atoms with Crippen LogP contribution in [-0.4, -0.2) is 42.0 Å². The van der Waals surface area contributed by atoms with Gasteiger partial charge in [0.05, 0.1) is 37.0 Å². The maximum Gasteiger partial charge on any atom is 0.349 e. The van der Waals surface area contributed by atoms with E-state index in [4.69, 9.17) is 25.8 Å². The van der Waals surface area contributed by atoms with Gasteiger partial charge in [-0.1, -0.05) is 33.6 Å². The molecule has 0 bridgehead atoms. The molecule has 5 rings (SSSR count). The third-order valence-corrected chi connectivity index (χ3v) is 6.71. The van der Waals surface area contributed by atoms with Gasteiger partial charge in [-0.05, 0) is 18.2 Å². The lowest BCUT2D eigenvalue weighted by Gasteiger charge is -2.25. The summed E-state index contributed by atoms with van der Waals surface area (Å²) in [5.41, 5.74) is 2.33. The molecule has 2 aromatic carbocycles. The van der Waals surface area contributed by atoms with Crippen molar-refractivity contribution in [3.63, 3.8) is 0 Å². The van der Waals surface area contributed by atoms with Crippen molar-refractivity contribution in [2.45, 2.75) is 19.1 Å². The molecule has 31 heavy (non-hydrogen) atoms. The van der Waals surface area contributed by atoms with Gasteiger partial charge in [0, 0.05) is 47.2 Å². The molecule has 162 valence electrons. The average molecular weight is 507 g/mol. The van der Waals surface area contributed by atoms with E-state index in [-0.39, 0.29) is 11.8 Å². The van der Waals surface area contributed by atoms with E-state index in [1.165, 1.54) is 4.57 Å². The molecule has 0 unspecified atom stereocenters. The second-order valence-corrected chi connectivity index (χ2v) is 8.88. The average Bonchev–Trinajstić information content (AvgIpc) is 3.17. The van der Waals surface area contributed by atoms with Crippen molar-refractivity contribution in [1.29, 1.82) is 0 Å². The summed E-state index contributed by atoms with van der Waals surface area (Å²) in [6.07, 6.45) is 0.772. The third-order valence-electron chi connectivity index (χ3n) is 5.67. The number of fused-ring (bicyclic) bond motifs is 2. The van der Waals surface area contributed by atoms with E-state index in [0.717, 1.165) is 27.5 Å². The third kappa shape index (κ3) is 3.82. The van der Waals surface area contributed by atoms with Crippen LogP contribution in [0, 0.1) is 0 Å². The molecule has 2 aliphatic heterocycles. The Morgan fingerprint density at radius 2 is 2.13 bits per heavy atom. The molecule has 0 N–H and O–H groups in total. The van der Waals surface area contributed by atoms with Crippen LogP contribution in [0.3, 0.4) is 0 Å². The van der Waals surface area contributed by atoms with Crippen molar-refractivity contribution < 1.29 is 14.2 Å². The predicted molar refractivity (Wildman–Crippen MR) is 123 cm³/mol. The van der Waals surface area contributed by atoms with Crippen molar-refractivity contribution in [2.75, 3.05) is 31.3 Å². The maximum atomic E-state index is 12.8. The van der Waals surface area contributed by atoms with E-state index < -0.39 is 0 Å². The highest BCUT2D eigenvalue weighted by molar-refractivity contribution is 9.10. The monoisotopic (exact) mass is 505 g/mol. The van der Waals surface area contributed by atoms with Crippen molar-refractivity contribution in [3.05, 3.63) is 55.9 Å². The number of aryl methyl sites for hydroxylation is 1. The van der Waals surface area contributed by atoms with Crippen LogP contribution in [0.1, 0.15) is 12.0 Å². The molecule has 0 spiro atoms. The minimum atomic E-state index is -0.346. The summed E-state index contributed by atoms with van der Waals surface area (Å²) in [6, 6.07) is 9.60. The molecule has 1 atom stereocenters. The molecule has 3 aromatic rings. The lowest BCUT2D eigenvalue weighted by atomic mass is 10.1. The fourth-order valence-electron chi connectivity index (χ4n) is 4.02. The van der Waals surface area contributed by atoms with Crippen molar-refractivity contribution in [2.24, 2.45) is 7.05 Å². The number of nitrogens with zero attached hydrogens (tertiary/aromatic N) is 3. The van der Waals surface area contributed by atoms with Gasteiger partial charge in [-0.3, -0.25) is 4.57 Å². The standard InChI is InChI=1S/C22H21BrClN3O4/c1-26-19-10-20(31-13-5-7-29-11-13)17(24)9-14(19)21(25-22(26)28)27-6-8-30-12-15-16(23)3-2-4-18(15)27/h2-4,9-10,13H,5-8,11-12H2,1H3/t13-/m0/s1. The summed E-state index contributed by atoms with van der Waals surface area (Å²) in [4.78, 5) is 19.2. The van der Waals surface area contributed by atoms with E-state index >= 15 is 0 Å².